The van der Waals surface area contributed by atoms with Crippen LogP contribution in [-0.4, -0.2) is 46.7 Å². The summed E-state index contributed by atoms with van der Waals surface area (Å²) in [5.41, 5.74) is 1.52. The summed E-state index contributed by atoms with van der Waals surface area (Å²) in [6.07, 6.45) is 4.84. The zero-order chi connectivity index (χ0) is 23.0. The number of hydrogen-bond acceptors (Lipinski definition) is 8. The molecule has 0 saturated carbocycles. The Labute approximate surface area is 193 Å². The molecule has 168 valence electrons. The lowest BCUT2D eigenvalue weighted by Crippen LogP contribution is -2.36. The molecule has 0 unspecified atom stereocenters. The van der Waals surface area contributed by atoms with Crippen molar-refractivity contribution in [2.45, 2.75) is 6.54 Å². The van der Waals surface area contributed by atoms with Crippen molar-refractivity contribution in [3.8, 4) is 0 Å². The smallest absolute Gasteiger partial charge is 0.302 e. The first-order chi connectivity index (χ1) is 16.1. The molecule has 10 nitrogen and oxygen atoms in total. The maximum atomic E-state index is 13.1. The number of thioether (sulfide) groups is 1. The summed E-state index contributed by atoms with van der Waals surface area (Å²) in [5.74, 6) is -0.369. The molecule has 0 bridgehead atoms. The third kappa shape index (κ3) is 5.70. The number of hydrogen-bond donors (Lipinski definition) is 1. The van der Waals surface area contributed by atoms with Gasteiger partial charge in [0.25, 0.3) is 12.1 Å². The molecular formula is C22H21N6O4S+. The Hall–Kier alpha value is -3.83. The Morgan fingerprint density at radius 2 is 2.06 bits per heavy atom. The summed E-state index contributed by atoms with van der Waals surface area (Å²) in [7, 11) is 1.59. The lowest BCUT2D eigenvalue weighted by molar-refractivity contribution is -0.763. The molecule has 4 rings (SSSR count). The lowest BCUT2D eigenvalue weighted by atomic mass is 10.2. The fraction of sp³-hybridized carbons (Fsp3) is 0.182. The van der Waals surface area contributed by atoms with Crippen LogP contribution in [0.5, 0.6) is 0 Å². The molecule has 1 aromatic carbocycles. The van der Waals surface area contributed by atoms with Crippen molar-refractivity contribution in [1.29, 1.82) is 0 Å². The highest BCUT2D eigenvalue weighted by Gasteiger charge is 2.32. The molecule has 1 aliphatic rings. The van der Waals surface area contributed by atoms with E-state index in [0.29, 0.717) is 29.7 Å². The second-order valence-corrected chi connectivity index (χ2v) is 7.76. The number of rotatable bonds is 8. The molecule has 3 heterocycles. The van der Waals surface area contributed by atoms with E-state index in [1.807, 2.05) is 36.4 Å². The number of aromatic nitrogens is 3. The van der Waals surface area contributed by atoms with Gasteiger partial charge >= 0.3 is 5.88 Å². The summed E-state index contributed by atoms with van der Waals surface area (Å²) in [5, 5.41) is 6.85. The Morgan fingerprint density at radius 3 is 2.82 bits per heavy atom. The van der Waals surface area contributed by atoms with Gasteiger partial charge in [0.1, 0.15) is 12.3 Å². The fourth-order valence-corrected chi connectivity index (χ4v) is 3.74. The first-order valence-corrected chi connectivity index (χ1v) is 11.0. The quantitative estimate of drug-likeness (QED) is 0.400. The number of para-hydroxylation sites is 1. The number of carbonyl (C=O) groups excluding carboxylic acids is 2. The third-order valence-corrected chi connectivity index (χ3v) is 5.38. The number of anilines is 2. The Kier molecular flexibility index (Phi) is 7.22. The summed E-state index contributed by atoms with van der Waals surface area (Å²) < 4.78 is 11.6. The largest absolute Gasteiger partial charge is 0.378 e. The van der Waals surface area contributed by atoms with E-state index in [-0.39, 0.29) is 29.1 Å². The molecule has 1 aliphatic heterocycles. The van der Waals surface area contributed by atoms with Crippen LogP contribution in [0, 0.1) is 0 Å². The van der Waals surface area contributed by atoms with Gasteiger partial charge in [0.15, 0.2) is 5.17 Å². The van der Waals surface area contributed by atoms with Crippen LogP contribution in [-0.2, 0) is 20.9 Å². The van der Waals surface area contributed by atoms with Crippen LogP contribution in [0.2, 0.25) is 0 Å². The van der Waals surface area contributed by atoms with Crippen molar-refractivity contribution in [3.05, 3.63) is 72.3 Å². The van der Waals surface area contributed by atoms with Gasteiger partial charge in [-0.3, -0.25) is 29.3 Å². The van der Waals surface area contributed by atoms with Crippen LogP contribution >= 0.6 is 11.8 Å². The zero-order valence-electron chi connectivity index (χ0n) is 17.7. The van der Waals surface area contributed by atoms with Gasteiger partial charge in [0.2, 0.25) is 17.7 Å². The van der Waals surface area contributed by atoms with Crippen molar-refractivity contribution in [3.63, 3.8) is 0 Å². The second-order valence-electron chi connectivity index (χ2n) is 6.81. The van der Waals surface area contributed by atoms with Gasteiger partial charge in [0.05, 0.1) is 17.1 Å². The predicted molar refractivity (Wildman–Crippen MR) is 123 cm³/mol. The molecule has 0 atom stereocenters. The molecule has 3 aromatic rings. The molecule has 0 radical (unpaired) electrons. The molecule has 2 aromatic heterocycles. The average Bonchev–Trinajstić information content (AvgIpc) is 3.41. The van der Waals surface area contributed by atoms with Crippen LogP contribution in [0.3, 0.4) is 0 Å². The minimum atomic E-state index is -0.319. The topological polar surface area (TPSA) is 114 Å². The van der Waals surface area contributed by atoms with Crippen molar-refractivity contribution in [2.75, 3.05) is 29.7 Å². The van der Waals surface area contributed by atoms with E-state index in [9.17, 15) is 9.59 Å². The number of nitrogens with one attached hydrogen (secondary N) is 1. The Morgan fingerprint density at radius 1 is 1.24 bits per heavy atom. The van der Waals surface area contributed by atoms with Crippen LogP contribution in [0.25, 0.3) is 6.08 Å². The Bertz CT molecular complexity index is 1180. The molecule has 33 heavy (non-hydrogen) atoms. The molecule has 2 amide bonds. The highest BCUT2D eigenvalue weighted by Crippen LogP contribution is 2.29. The molecule has 0 aliphatic carbocycles. The summed E-state index contributed by atoms with van der Waals surface area (Å²) in [6.45, 7) is 0.971. The number of pyridine rings is 1. The van der Waals surface area contributed by atoms with Crippen molar-refractivity contribution in [1.82, 2.24) is 10.3 Å². The van der Waals surface area contributed by atoms with Gasteiger partial charge < -0.3 is 4.74 Å². The average molecular weight is 466 g/mol. The van der Waals surface area contributed by atoms with Gasteiger partial charge in [0, 0.05) is 13.3 Å². The number of amidine groups is 1. The summed E-state index contributed by atoms with van der Waals surface area (Å²) >= 11 is 1.15. The lowest BCUT2D eigenvalue weighted by Gasteiger charge is -2.17. The minimum Gasteiger partial charge on any atom is -0.378 e. The number of nitrogens with zero attached hydrogens (tertiary/aromatic N) is 5. The molecule has 11 heteroatoms. The van der Waals surface area contributed by atoms with Gasteiger partial charge in [-0.2, -0.15) is 0 Å². The SMILES string of the molecule is COCC[n+]1cc(NC(=O)CSC2=N/C(=C/c3ccccn3)C(=O)N2c2ccccc2)on1. The normalized spacial score (nSPS) is 14.6. The number of benzene rings is 1. The zero-order valence-corrected chi connectivity index (χ0v) is 18.6. The Balaban J connectivity index is 1.47. The van der Waals surface area contributed by atoms with E-state index >= 15 is 0 Å². The van der Waals surface area contributed by atoms with Crippen LogP contribution in [0.4, 0.5) is 11.6 Å². The van der Waals surface area contributed by atoms with Gasteiger partial charge in [-0.25, -0.2) is 4.99 Å². The fourth-order valence-electron chi connectivity index (χ4n) is 2.93. The number of amides is 2. The van der Waals surface area contributed by atoms with E-state index in [0.717, 1.165) is 11.8 Å². The minimum absolute atomic E-state index is 0.0189. The predicted octanol–water partition coefficient (Wildman–Crippen LogP) is 2.12. The number of methoxy groups -OCH3 is 1. The first kappa shape index (κ1) is 22.4. The first-order valence-electron chi connectivity index (χ1n) is 10.0. The van der Waals surface area contributed by atoms with Crippen molar-refractivity contribution >= 4 is 46.4 Å². The van der Waals surface area contributed by atoms with Crippen molar-refractivity contribution < 1.29 is 23.5 Å². The highest BCUT2D eigenvalue weighted by atomic mass is 32.2. The van der Waals surface area contributed by atoms with Gasteiger partial charge in [-0.15, -0.1) is 0 Å². The number of aliphatic imine (C=N–C) groups is 1. The van der Waals surface area contributed by atoms with E-state index in [2.05, 4.69) is 20.6 Å². The van der Waals surface area contributed by atoms with Crippen molar-refractivity contribution in [2.24, 2.45) is 4.99 Å². The van der Waals surface area contributed by atoms with Crippen LogP contribution in [0.15, 0.2) is 76.1 Å². The van der Waals surface area contributed by atoms with E-state index in [4.69, 9.17) is 9.26 Å². The maximum absolute atomic E-state index is 13.1. The number of carbonyl (C=O) groups is 2. The van der Waals surface area contributed by atoms with Gasteiger partial charge in [-0.1, -0.05) is 36.0 Å². The van der Waals surface area contributed by atoms with E-state index in [1.54, 1.807) is 37.7 Å². The van der Waals surface area contributed by atoms with E-state index in [1.165, 1.54) is 9.58 Å². The summed E-state index contributed by atoms with van der Waals surface area (Å²) in [6, 6.07) is 14.6. The maximum Gasteiger partial charge on any atom is 0.302 e. The molecule has 0 fully saturated rings. The molecule has 1 N–H and O–H groups in total. The third-order valence-electron chi connectivity index (χ3n) is 4.45. The second kappa shape index (κ2) is 10.7. The van der Waals surface area contributed by atoms with E-state index < -0.39 is 0 Å². The van der Waals surface area contributed by atoms with Gasteiger partial charge in [-0.05, 0) is 35.0 Å². The molecule has 0 spiro atoms. The number of ether oxygens (including phenoxy) is 1. The standard InChI is InChI=1S/C22H20N6O4S/c1-31-12-11-27-14-20(32-26-27)25-19(29)15-33-22-24-18(13-16-7-5-6-10-23-16)21(30)28(22)17-8-3-2-4-9-17/h2-10,13-14H,11-12,15H2,1H3/p+1/b18-13+. The highest BCUT2D eigenvalue weighted by molar-refractivity contribution is 8.14. The summed E-state index contributed by atoms with van der Waals surface area (Å²) in [4.78, 5) is 35.8. The van der Waals surface area contributed by atoms with Crippen LogP contribution in [0.1, 0.15) is 5.69 Å². The monoisotopic (exact) mass is 465 g/mol. The molecule has 0 saturated heterocycles. The molecular weight excluding hydrogens is 444 g/mol. The van der Waals surface area contributed by atoms with Crippen LogP contribution < -0.4 is 14.9 Å².